The van der Waals surface area contributed by atoms with Crippen LogP contribution in [0.4, 0.5) is 0 Å². The minimum Gasteiger partial charge on any atom is -0.548 e. The molecule has 10 nitrogen and oxygen atoms in total. The number of aliphatic carboxylic acids is 1. The fraction of sp³-hybridized carbons (Fsp3) is 0.389. The first-order valence-corrected chi connectivity index (χ1v) is 10.5. The maximum Gasteiger partial charge on any atom is 0.254 e. The predicted octanol–water partition coefficient (Wildman–Crippen LogP) is -1.86. The summed E-state index contributed by atoms with van der Waals surface area (Å²) in [6.07, 6.45) is 6.80. The Hall–Kier alpha value is -3.08. The summed E-state index contributed by atoms with van der Waals surface area (Å²) in [7, 11) is -3.94. The number of rotatable bonds is 5. The Kier molecular flexibility index (Phi) is 4.30. The van der Waals surface area contributed by atoms with Gasteiger partial charge >= 0.3 is 0 Å². The maximum absolute atomic E-state index is 12.8. The second-order valence-electron chi connectivity index (χ2n) is 7.55. The van der Waals surface area contributed by atoms with Gasteiger partial charge in [-0.05, 0) is 19.9 Å². The summed E-state index contributed by atoms with van der Waals surface area (Å²) in [6.45, 7) is 3.78. The van der Waals surface area contributed by atoms with Crippen LogP contribution in [-0.2, 0) is 32.5 Å². The molecule has 2 aromatic heterocycles. The number of carbonyl (C=O) groups is 2. The number of aryl methyl sites for hydroxylation is 2. The van der Waals surface area contributed by atoms with Crippen molar-refractivity contribution < 1.29 is 27.7 Å². The zero-order chi connectivity index (χ0) is 21.0. The van der Waals surface area contributed by atoms with Gasteiger partial charge in [-0.25, -0.2) is 17.7 Å². The second kappa shape index (κ2) is 6.48. The molecular formula is C18H19N5O5S. The van der Waals surface area contributed by atoms with E-state index in [4.69, 9.17) is 0 Å². The van der Waals surface area contributed by atoms with E-state index < -0.39 is 37.9 Å². The zero-order valence-electron chi connectivity index (χ0n) is 15.8. The highest BCUT2D eigenvalue weighted by atomic mass is 32.2. The van der Waals surface area contributed by atoms with Gasteiger partial charge in [0.25, 0.3) is 5.91 Å². The van der Waals surface area contributed by atoms with Gasteiger partial charge in [0.15, 0.2) is 34.1 Å². The summed E-state index contributed by atoms with van der Waals surface area (Å²) in [5, 5.41) is 18.1. The molecule has 2 atom stereocenters. The van der Waals surface area contributed by atoms with Gasteiger partial charge in [-0.1, -0.05) is 11.3 Å². The lowest BCUT2D eigenvalue weighted by molar-refractivity contribution is -0.698. The molecule has 29 heavy (non-hydrogen) atoms. The van der Waals surface area contributed by atoms with E-state index in [1.807, 2.05) is 35.2 Å². The van der Waals surface area contributed by atoms with Crippen LogP contribution in [0.5, 0.6) is 0 Å². The van der Waals surface area contributed by atoms with Gasteiger partial charge in [0, 0.05) is 12.1 Å². The van der Waals surface area contributed by atoms with Crippen molar-refractivity contribution in [3.8, 4) is 0 Å². The number of aromatic nitrogens is 4. The van der Waals surface area contributed by atoms with Crippen LogP contribution in [0.3, 0.4) is 0 Å². The molecule has 11 heteroatoms. The second-order valence-corrected chi connectivity index (χ2v) is 10.1. The highest BCUT2D eigenvalue weighted by Gasteiger charge is 2.68. The Balaban J connectivity index is 1.57. The van der Waals surface area contributed by atoms with Crippen molar-refractivity contribution >= 4 is 27.8 Å². The minimum absolute atomic E-state index is 0.00805. The van der Waals surface area contributed by atoms with Crippen LogP contribution in [0.1, 0.15) is 19.5 Å². The zero-order valence-corrected chi connectivity index (χ0v) is 16.6. The molecular weight excluding hydrogens is 398 g/mol. The van der Waals surface area contributed by atoms with Crippen molar-refractivity contribution in [2.24, 2.45) is 0 Å². The van der Waals surface area contributed by atoms with Crippen molar-refractivity contribution in [2.75, 3.05) is 0 Å². The first-order chi connectivity index (χ1) is 13.6. The molecule has 0 unspecified atom stereocenters. The Labute approximate surface area is 167 Å². The lowest BCUT2D eigenvalue weighted by Crippen LogP contribution is -2.61. The largest absolute Gasteiger partial charge is 0.548 e. The summed E-state index contributed by atoms with van der Waals surface area (Å²) < 4.78 is 27.6. The average Bonchev–Trinajstić information content (AvgIpc) is 3.17. The number of sulfone groups is 1. The topological polar surface area (TPSA) is 129 Å². The number of pyridine rings is 1. The Morgan fingerprint density at radius 3 is 2.66 bits per heavy atom. The molecule has 2 fully saturated rings. The number of hydrogen-bond acceptors (Lipinski definition) is 7. The molecule has 1 amide bonds. The van der Waals surface area contributed by atoms with E-state index in [0.717, 1.165) is 4.90 Å². The number of carbonyl (C=O) groups excluding carboxylic acids is 2. The number of nitrogens with zero attached hydrogens (tertiary/aromatic N) is 5. The van der Waals surface area contributed by atoms with Crippen LogP contribution >= 0.6 is 0 Å². The van der Waals surface area contributed by atoms with E-state index in [-0.39, 0.29) is 5.57 Å². The van der Waals surface area contributed by atoms with Crippen molar-refractivity contribution in [2.45, 2.75) is 43.1 Å². The monoisotopic (exact) mass is 417 g/mol. The summed E-state index contributed by atoms with van der Waals surface area (Å²) in [5.41, 5.74) is 0.322. The van der Waals surface area contributed by atoms with Gasteiger partial charge in [-0.2, -0.15) is 0 Å². The normalized spacial score (nSPS) is 25.7. The molecule has 2 saturated heterocycles. The summed E-state index contributed by atoms with van der Waals surface area (Å²) >= 11 is 0. The molecule has 2 aliphatic heterocycles. The molecule has 0 saturated carbocycles. The number of β-lactam (4-membered cyclic amide) rings is 1. The summed E-state index contributed by atoms with van der Waals surface area (Å²) in [5.74, 6) is -2.23. The van der Waals surface area contributed by atoms with Crippen LogP contribution in [0.25, 0.3) is 6.08 Å². The quantitative estimate of drug-likeness (QED) is 0.317. The minimum atomic E-state index is -3.94. The van der Waals surface area contributed by atoms with Crippen molar-refractivity contribution in [3.63, 3.8) is 0 Å². The third-order valence-corrected chi connectivity index (χ3v) is 8.17. The fourth-order valence-corrected chi connectivity index (χ4v) is 5.89. The van der Waals surface area contributed by atoms with Crippen LogP contribution in [0, 0.1) is 0 Å². The average molecular weight is 417 g/mol. The highest BCUT2D eigenvalue weighted by Crippen LogP contribution is 2.48. The van der Waals surface area contributed by atoms with E-state index in [2.05, 4.69) is 10.3 Å². The number of carboxylic acids is 1. The Morgan fingerprint density at radius 2 is 2.00 bits per heavy atom. The van der Waals surface area contributed by atoms with Gasteiger partial charge < -0.3 is 14.8 Å². The Morgan fingerprint density at radius 1 is 1.31 bits per heavy atom. The van der Waals surface area contributed by atoms with Crippen molar-refractivity contribution in [1.29, 1.82) is 0 Å². The molecule has 0 aromatic carbocycles. The number of fused-ring (bicyclic) bond motifs is 1. The van der Waals surface area contributed by atoms with Gasteiger partial charge in [0.2, 0.25) is 0 Å². The smallest absolute Gasteiger partial charge is 0.254 e. The van der Waals surface area contributed by atoms with Crippen molar-refractivity contribution in [3.05, 3.63) is 48.1 Å². The van der Waals surface area contributed by atoms with E-state index in [1.54, 1.807) is 10.9 Å². The van der Waals surface area contributed by atoms with Gasteiger partial charge in [0.1, 0.15) is 12.2 Å². The lowest BCUT2D eigenvalue weighted by Gasteiger charge is -2.39. The van der Waals surface area contributed by atoms with E-state index in [0.29, 0.717) is 18.8 Å². The predicted molar refractivity (Wildman–Crippen MR) is 97.1 cm³/mol. The molecule has 0 aliphatic carbocycles. The van der Waals surface area contributed by atoms with E-state index in [9.17, 15) is 23.1 Å². The van der Waals surface area contributed by atoms with Gasteiger partial charge in [0.05, 0.1) is 28.5 Å². The molecule has 4 heterocycles. The molecule has 0 spiro atoms. The SMILES string of the molecule is CC1(C)[C@H](C(=O)[O-])N2C(=O)/C(=C/c3cn(CC[n+]4ccccc4)nn3)[C@H]2S1(=O)=O. The first kappa shape index (κ1) is 19.2. The lowest BCUT2D eigenvalue weighted by atomic mass is 9.95. The van der Waals surface area contributed by atoms with E-state index >= 15 is 0 Å². The number of amides is 1. The molecule has 0 radical (unpaired) electrons. The first-order valence-electron chi connectivity index (χ1n) is 8.97. The fourth-order valence-electron chi connectivity index (χ4n) is 3.77. The third-order valence-electron chi connectivity index (χ3n) is 5.41. The molecule has 4 rings (SSSR count). The molecule has 2 aliphatic rings. The Bertz CT molecular complexity index is 1120. The van der Waals surface area contributed by atoms with Crippen LogP contribution in [-0.4, -0.2) is 56.4 Å². The van der Waals surface area contributed by atoms with Crippen LogP contribution < -0.4 is 9.67 Å². The summed E-state index contributed by atoms with van der Waals surface area (Å²) in [6, 6.07) is 4.21. The highest BCUT2D eigenvalue weighted by molar-refractivity contribution is 7.94. The summed E-state index contributed by atoms with van der Waals surface area (Å²) in [4.78, 5) is 24.8. The maximum atomic E-state index is 12.8. The van der Waals surface area contributed by atoms with Gasteiger partial charge in [-0.3, -0.25) is 4.79 Å². The molecule has 2 aromatic rings. The molecule has 152 valence electrons. The van der Waals surface area contributed by atoms with E-state index in [1.165, 1.54) is 19.9 Å². The van der Waals surface area contributed by atoms with Gasteiger partial charge in [-0.15, -0.1) is 5.10 Å². The molecule has 0 N–H and O–H groups in total. The standard InChI is InChI=1S/C18H19N5O5S/c1-18(2)14(17(25)26)23-15(24)13(16(23)29(18,27)28)10-12-11-22(20-19-12)9-8-21-6-4-3-5-7-21/h3-7,10-11,14,16H,8-9H2,1-2H3/b13-10-/t14-,16+/m0/s1. The number of carboxylic acid groups (broad SMARTS) is 1. The number of hydrogen-bond donors (Lipinski definition) is 0. The van der Waals surface area contributed by atoms with Crippen LogP contribution in [0.2, 0.25) is 0 Å². The van der Waals surface area contributed by atoms with Crippen molar-refractivity contribution in [1.82, 2.24) is 19.9 Å². The third kappa shape index (κ3) is 2.84. The van der Waals surface area contributed by atoms with Crippen LogP contribution in [0.15, 0.2) is 42.4 Å². The molecule has 0 bridgehead atoms.